The molecule has 1 atom stereocenters. The molecule has 0 radical (unpaired) electrons. The Bertz CT molecular complexity index is 657. The molecule has 0 aliphatic carbocycles. The molecule has 1 unspecified atom stereocenters. The summed E-state index contributed by atoms with van der Waals surface area (Å²) in [5.41, 5.74) is 3.36. The average molecular weight is 304 g/mol. The molecule has 1 aliphatic heterocycles. The van der Waals surface area contributed by atoms with Gasteiger partial charge in [0.1, 0.15) is 11.5 Å². The normalized spacial score (nSPS) is 16.8. The summed E-state index contributed by atoms with van der Waals surface area (Å²) < 4.78 is 11.0. The molecule has 2 aromatic rings. The topological polar surface area (TPSA) is 30.5 Å². The van der Waals surface area contributed by atoms with Gasteiger partial charge in [-0.2, -0.15) is 0 Å². The second-order valence-electron chi connectivity index (χ2n) is 5.20. The zero-order chi connectivity index (χ0) is 14.8. The van der Waals surface area contributed by atoms with Gasteiger partial charge in [0.05, 0.1) is 19.8 Å². The number of hydrogen-bond acceptors (Lipinski definition) is 3. The first-order valence-electron chi connectivity index (χ1n) is 7.01. The van der Waals surface area contributed by atoms with E-state index < -0.39 is 0 Å². The van der Waals surface area contributed by atoms with Crippen molar-refractivity contribution in [3.05, 3.63) is 52.5 Å². The molecule has 21 heavy (non-hydrogen) atoms. The van der Waals surface area contributed by atoms with Crippen LogP contribution in [0.4, 0.5) is 5.69 Å². The van der Waals surface area contributed by atoms with Crippen LogP contribution in [0.3, 0.4) is 0 Å². The summed E-state index contributed by atoms with van der Waals surface area (Å²) in [6, 6.07) is 12.0. The lowest BCUT2D eigenvalue weighted by Crippen LogP contribution is -2.20. The minimum atomic E-state index is 0.195. The number of halogens is 1. The molecule has 3 nitrogen and oxygen atoms in total. The second-order valence-corrected chi connectivity index (χ2v) is 5.63. The van der Waals surface area contributed by atoms with E-state index in [1.54, 1.807) is 7.11 Å². The number of fused-ring (bicyclic) bond motifs is 1. The first kappa shape index (κ1) is 14.1. The van der Waals surface area contributed by atoms with E-state index in [1.165, 1.54) is 5.56 Å². The van der Waals surface area contributed by atoms with Crippen LogP contribution in [0.2, 0.25) is 5.02 Å². The van der Waals surface area contributed by atoms with Gasteiger partial charge in [0, 0.05) is 22.7 Å². The molecule has 0 amide bonds. The van der Waals surface area contributed by atoms with E-state index >= 15 is 0 Å². The SMILES string of the molecule is COc1ccc2c(c1)C(Nc1cc(Cl)ccc1C)CCO2. The van der Waals surface area contributed by atoms with Crippen molar-refractivity contribution >= 4 is 17.3 Å². The van der Waals surface area contributed by atoms with E-state index in [-0.39, 0.29) is 6.04 Å². The lowest BCUT2D eigenvalue weighted by molar-refractivity contribution is 0.273. The highest BCUT2D eigenvalue weighted by atomic mass is 35.5. The Balaban J connectivity index is 1.92. The molecule has 0 saturated heterocycles. The molecular weight excluding hydrogens is 286 g/mol. The van der Waals surface area contributed by atoms with E-state index in [0.29, 0.717) is 6.61 Å². The highest BCUT2D eigenvalue weighted by Gasteiger charge is 2.22. The van der Waals surface area contributed by atoms with Gasteiger partial charge in [-0.25, -0.2) is 0 Å². The Hall–Kier alpha value is -1.87. The van der Waals surface area contributed by atoms with E-state index in [9.17, 15) is 0 Å². The van der Waals surface area contributed by atoms with E-state index in [4.69, 9.17) is 21.1 Å². The van der Waals surface area contributed by atoms with Crippen molar-refractivity contribution in [1.82, 2.24) is 0 Å². The summed E-state index contributed by atoms with van der Waals surface area (Å²) in [6.45, 7) is 2.78. The van der Waals surface area contributed by atoms with Gasteiger partial charge >= 0.3 is 0 Å². The summed E-state index contributed by atoms with van der Waals surface area (Å²) in [5.74, 6) is 1.76. The maximum absolute atomic E-state index is 6.10. The summed E-state index contributed by atoms with van der Waals surface area (Å²) in [4.78, 5) is 0. The molecule has 1 aliphatic rings. The van der Waals surface area contributed by atoms with Crippen LogP contribution >= 0.6 is 11.6 Å². The third kappa shape index (κ3) is 2.93. The molecule has 0 fully saturated rings. The smallest absolute Gasteiger partial charge is 0.124 e. The Kier molecular flexibility index (Phi) is 3.93. The van der Waals surface area contributed by atoms with Crippen molar-refractivity contribution in [3.63, 3.8) is 0 Å². The van der Waals surface area contributed by atoms with Gasteiger partial charge in [-0.15, -0.1) is 0 Å². The maximum Gasteiger partial charge on any atom is 0.124 e. The fraction of sp³-hybridized carbons (Fsp3) is 0.294. The third-order valence-corrected chi connectivity index (χ3v) is 4.02. The zero-order valence-electron chi connectivity index (χ0n) is 12.2. The van der Waals surface area contributed by atoms with E-state index in [2.05, 4.69) is 12.2 Å². The van der Waals surface area contributed by atoms with Crippen LogP contribution in [-0.2, 0) is 0 Å². The molecule has 0 bridgehead atoms. The highest BCUT2D eigenvalue weighted by Crippen LogP contribution is 2.37. The van der Waals surface area contributed by atoms with Crippen molar-refractivity contribution in [3.8, 4) is 11.5 Å². The molecule has 0 spiro atoms. The van der Waals surface area contributed by atoms with Crippen molar-refractivity contribution in [1.29, 1.82) is 0 Å². The molecule has 1 N–H and O–H groups in total. The first-order valence-corrected chi connectivity index (χ1v) is 7.38. The molecular formula is C17H18ClNO2. The number of aryl methyl sites for hydroxylation is 1. The van der Waals surface area contributed by atoms with Crippen LogP contribution in [0, 0.1) is 6.92 Å². The zero-order valence-corrected chi connectivity index (χ0v) is 12.9. The van der Waals surface area contributed by atoms with Crippen LogP contribution in [0.25, 0.3) is 0 Å². The van der Waals surface area contributed by atoms with Crippen LogP contribution in [0.15, 0.2) is 36.4 Å². The van der Waals surface area contributed by atoms with Gasteiger partial charge in [-0.3, -0.25) is 0 Å². The fourth-order valence-electron chi connectivity index (χ4n) is 2.59. The van der Waals surface area contributed by atoms with Crippen molar-refractivity contribution < 1.29 is 9.47 Å². The Labute approximate surface area is 129 Å². The van der Waals surface area contributed by atoms with Crippen molar-refractivity contribution in [2.24, 2.45) is 0 Å². The van der Waals surface area contributed by atoms with Crippen LogP contribution in [-0.4, -0.2) is 13.7 Å². The third-order valence-electron chi connectivity index (χ3n) is 3.79. The predicted molar refractivity (Wildman–Crippen MR) is 85.7 cm³/mol. The van der Waals surface area contributed by atoms with E-state index in [0.717, 1.165) is 34.2 Å². The molecule has 3 rings (SSSR count). The lowest BCUT2D eigenvalue weighted by atomic mass is 9.99. The van der Waals surface area contributed by atoms with Crippen molar-refractivity contribution in [2.75, 3.05) is 19.0 Å². The largest absolute Gasteiger partial charge is 0.497 e. The van der Waals surface area contributed by atoms with Crippen LogP contribution in [0.1, 0.15) is 23.6 Å². The predicted octanol–water partition coefficient (Wildman–Crippen LogP) is 4.59. The Morgan fingerprint density at radius 1 is 1.24 bits per heavy atom. The number of nitrogens with one attached hydrogen (secondary N) is 1. The number of ether oxygens (including phenoxy) is 2. The first-order chi connectivity index (χ1) is 10.2. The number of hydrogen-bond donors (Lipinski definition) is 1. The summed E-state index contributed by atoms with van der Waals surface area (Å²) in [7, 11) is 1.68. The molecule has 0 saturated carbocycles. The van der Waals surface area contributed by atoms with Gasteiger partial charge < -0.3 is 14.8 Å². The van der Waals surface area contributed by atoms with Crippen molar-refractivity contribution in [2.45, 2.75) is 19.4 Å². The van der Waals surface area contributed by atoms with Gasteiger partial charge in [-0.05, 0) is 42.8 Å². The minimum Gasteiger partial charge on any atom is -0.497 e. The standard InChI is InChI=1S/C17H18ClNO2/c1-11-3-4-12(18)9-16(11)19-15-7-8-21-17-6-5-13(20-2)10-14(15)17/h3-6,9-10,15,19H,7-8H2,1-2H3. The van der Waals surface area contributed by atoms with Crippen LogP contribution in [0.5, 0.6) is 11.5 Å². The monoisotopic (exact) mass is 303 g/mol. The molecule has 1 heterocycles. The summed E-state index contributed by atoms with van der Waals surface area (Å²) in [5, 5.41) is 4.31. The second kappa shape index (κ2) is 5.86. The van der Waals surface area contributed by atoms with Gasteiger partial charge in [0.25, 0.3) is 0 Å². The Morgan fingerprint density at radius 2 is 2.10 bits per heavy atom. The quantitative estimate of drug-likeness (QED) is 0.899. The number of methoxy groups -OCH3 is 1. The molecule has 0 aromatic heterocycles. The van der Waals surface area contributed by atoms with Gasteiger partial charge in [0.2, 0.25) is 0 Å². The fourth-order valence-corrected chi connectivity index (χ4v) is 2.76. The highest BCUT2D eigenvalue weighted by molar-refractivity contribution is 6.30. The number of anilines is 1. The summed E-state index contributed by atoms with van der Waals surface area (Å²) in [6.07, 6.45) is 0.909. The molecule has 110 valence electrons. The van der Waals surface area contributed by atoms with Gasteiger partial charge in [0.15, 0.2) is 0 Å². The van der Waals surface area contributed by atoms with Gasteiger partial charge in [-0.1, -0.05) is 17.7 Å². The molecule has 4 heteroatoms. The molecule has 2 aromatic carbocycles. The maximum atomic E-state index is 6.10. The minimum absolute atomic E-state index is 0.195. The number of rotatable bonds is 3. The summed E-state index contributed by atoms with van der Waals surface area (Å²) >= 11 is 6.10. The van der Waals surface area contributed by atoms with Crippen LogP contribution < -0.4 is 14.8 Å². The Morgan fingerprint density at radius 3 is 2.90 bits per heavy atom. The van der Waals surface area contributed by atoms with E-state index in [1.807, 2.05) is 36.4 Å². The number of benzene rings is 2. The lowest BCUT2D eigenvalue weighted by Gasteiger charge is -2.28. The average Bonchev–Trinajstić information content (AvgIpc) is 2.51.